The number of halogens is 1. The van der Waals surface area contributed by atoms with Crippen LogP contribution in [0.5, 0.6) is 0 Å². The standard InChI is InChI=1S/C11H14BrN3/c1-2-3-6-15-10-5-4-8(12)7-9(10)14-11(15)13/h4-5,7H,2-3,6H2,1H3,(H2,13,14). The number of nitrogens with zero attached hydrogens (tertiary/aromatic N) is 2. The molecule has 0 saturated carbocycles. The molecule has 0 spiro atoms. The van der Waals surface area contributed by atoms with Gasteiger partial charge < -0.3 is 10.3 Å². The minimum absolute atomic E-state index is 0.608. The third-order valence-electron chi connectivity index (χ3n) is 2.48. The van der Waals surface area contributed by atoms with Crippen LogP contribution in [-0.4, -0.2) is 9.55 Å². The number of aromatic nitrogens is 2. The van der Waals surface area contributed by atoms with Crippen molar-refractivity contribution in [1.29, 1.82) is 0 Å². The summed E-state index contributed by atoms with van der Waals surface area (Å²) in [5.74, 6) is 0.608. The quantitative estimate of drug-likeness (QED) is 0.929. The molecule has 4 heteroatoms. The molecule has 0 aliphatic carbocycles. The van der Waals surface area contributed by atoms with Gasteiger partial charge in [0.05, 0.1) is 11.0 Å². The van der Waals surface area contributed by atoms with Gasteiger partial charge in [0.2, 0.25) is 5.95 Å². The Morgan fingerprint density at radius 3 is 3.00 bits per heavy atom. The van der Waals surface area contributed by atoms with Gasteiger partial charge in [-0.15, -0.1) is 0 Å². The van der Waals surface area contributed by atoms with E-state index in [-0.39, 0.29) is 0 Å². The predicted molar refractivity (Wildman–Crippen MR) is 66.8 cm³/mol. The van der Waals surface area contributed by atoms with Gasteiger partial charge >= 0.3 is 0 Å². The van der Waals surface area contributed by atoms with E-state index in [1.54, 1.807) is 0 Å². The number of unbranched alkanes of at least 4 members (excludes halogenated alkanes) is 1. The highest BCUT2D eigenvalue weighted by Crippen LogP contribution is 2.22. The van der Waals surface area contributed by atoms with Crippen LogP contribution in [0.4, 0.5) is 5.95 Å². The van der Waals surface area contributed by atoms with Crippen LogP contribution in [0.1, 0.15) is 19.8 Å². The average molecular weight is 268 g/mol. The lowest BCUT2D eigenvalue weighted by Crippen LogP contribution is -2.02. The van der Waals surface area contributed by atoms with Crippen molar-refractivity contribution in [3.05, 3.63) is 22.7 Å². The van der Waals surface area contributed by atoms with Crippen LogP contribution in [-0.2, 0) is 6.54 Å². The molecule has 0 bridgehead atoms. The zero-order valence-electron chi connectivity index (χ0n) is 8.70. The van der Waals surface area contributed by atoms with E-state index in [9.17, 15) is 0 Å². The van der Waals surface area contributed by atoms with E-state index in [4.69, 9.17) is 5.73 Å². The van der Waals surface area contributed by atoms with Gasteiger partial charge in [-0.3, -0.25) is 0 Å². The van der Waals surface area contributed by atoms with Crippen LogP contribution < -0.4 is 5.73 Å². The highest BCUT2D eigenvalue weighted by Gasteiger charge is 2.07. The van der Waals surface area contributed by atoms with Crippen molar-refractivity contribution in [2.24, 2.45) is 0 Å². The molecule has 0 fully saturated rings. The molecule has 1 aromatic heterocycles. The van der Waals surface area contributed by atoms with E-state index in [0.717, 1.165) is 34.9 Å². The van der Waals surface area contributed by atoms with Crippen LogP contribution in [0.15, 0.2) is 22.7 Å². The van der Waals surface area contributed by atoms with E-state index >= 15 is 0 Å². The Bertz CT molecular complexity index is 476. The lowest BCUT2D eigenvalue weighted by atomic mass is 10.3. The smallest absolute Gasteiger partial charge is 0.201 e. The van der Waals surface area contributed by atoms with Crippen LogP contribution >= 0.6 is 15.9 Å². The molecule has 1 heterocycles. The third kappa shape index (κ3) is 2.00. The second kappa shape index (κ2) is 4.23. The molecular formula is C11H14BrN3. The van der Waals surface area contributed by atoms with Crippen molar-refractivity contribution in [3.8, 4) is 0 Å². The molecule has 80 valence electrons. The molecule has 0 aliphatic heterocycles. The number of rotatable bonds is 3. The van der Waals surface area contributed by atoms with Crippen molar-refractivity contribution in [1.82, 2.24) is 9.55 Å². The number of aryl methyl sites for hydroxylation is 1. The zero-order valence-corrected chi connectivity index (χ0v) is 10.3. The van der Waals surface area contributed by atoms with E-state index in [1.807, 2.05) is 12.1 Å². The molecule has 0 atom stereocenters. The lowest BCUT2D eigenvalue weighted by Gasteiger charge is -2.04. The molecule has 0 radical (unpaired) electrons. The molecule has 0 aliphatic rings. The van der Waals surface area contributed by atoms with Crippen molar-refractivity contribution < 1.29 is 0 Å². The SMILES string of the molecule is CCCCn1c(N)nc2cc(Br)ccc21. The second-order valence-electron chi connectivity index (χ2n) is 3.61. The molecule has 2 N–H and O–H groups in total. The Hall–Kier alpha value is -1.03. The molecular weight excluding hydrogens is 254 g/mol. The van der Waals surface area contributed by atoms with Crippen LogP contribution in [0.2, 0.25) is 0 Å². The summed E-state index contributed by atoms with van der Waals surface area (Å²) < 4.78 is 3.11. The molecule has 3 nitrogen and oxygen atoms in total. The van der Waals surface area contributed by atoms with Crippen molar-refractivity contribution in [2.45, 2.75) is 26.3 Å². The fourth-order valence-electron chi connectivity index (χ4n) is 1.67. The van der Waals surface area contributed by atoms with Crippen LogP contribution in [0.3, 0.4) is 0 Å². The van der Waals surface area contributed by atoms with Gasteiger partial charge in [-0.25, -0.2) is 4.98 Å². The molecule has 2 aromatic rings. The highest BCUT2D eigenvalue weighted by molar-refractivity contribution is 9.10. The van der Waals surface area contributed by atoms with Gasteiger partial charge in [-0.05, 0) is 24.6 Å². The Balaban J connectivity index is 2.48. The van der Waals surface area contributed by atoms with E-state index in [0.29, 0.717) is 5.95 Å². The number of nitrogen functional groups attached to an aromatic ring is 1. The lowest BCUT2D eigenvalue weighted by molar-refractivity contribution is 0.653. The summed E-state index contributed by atoms with van der Waals surface area (Å²) in [6.45, 7) is 3.12. The maximum absolute atomic E-state index is 5.88. The van der Waals surface area contributed by atoms with Crippen LogP contribution in [0.25, 0.3) is 11.0 Å². The average Bonchev–Trinajstić information content (AvgIpc) is 2.50. The first-order valence-corrected chi connectivity index (χ1v) is 5.93. The van der Waals surface area contributed by atoms with E-state index < -0.39 is 0 Å². The van der Waals surface area contributed by atoms with E-state index in [2.05, 4.69) is 38.5 Å². The fraction of sp³-hybridized carbons (Fsp3) is 0.364. The number of nitrogens with two attached hydrogens (primary N) is 1. The zero-order chi connectivity index (χ0) is 10.8. The normalized spacial score (nSPS) is 11.1. The number of hydrogen-bond donors (Lipinski definition) is 1. The monoisotopic (exact) mass is 267 g/mol. The Morgan fingerprint density at radius 2 is 2.27 bits per heavy atom. The fourth-order valence-corrected chi connectivity index (χ4v) is 2.02. The number of anilines is 1. The van der Waals surface area contributed by atoms with Gasteiger partial charge in [0.25, 0.3) is 0 Å². The Labute approximate surface area is 97.4 Å². The van der Waals surface area contributed by atoms with Gasteiger partial charge in [0.15, 0.2) is 0 Å². The largest absolute Gasteiger partial charge is 0.369 e. The molecule has 2 rings (SSSR count). The van der Waals surface area contributed by atoms with Crippen LogP contribution in [0, 0.1) is 0 Å². The van der Waals surface area contributed by atoms with Crippen molar-refractivity contribution in [2.75, 3.05) is 5.73 Å². The topological polar surface area (TPSA) is 43.8 Å². The van der Waals surface area contributed by atoms with Gasteiger partial charge in [-0.1, -0.05) is 29.3 Å². The Morgan fingerprint density at radius 1 is 1.47 bits per heavy atom. The summed E-state index contributed by atoms with van der Waals surface area (Å²) in [4.78, 5) is 4.34. The van der Waals surface area contributed by atoms with Gasteiger partial charge in [0, 0.05) is 11.0 Å². The third-order valence-corrected chi connectivity index (χ3v) is 2.97. The van der Waals surface area contributed by atoms with E-state index in [1.165, 1.54) is 0 Å². The number of fused-ring (bicyclic) bond motifs is 1. The first-order chi connectivity index (χ1) is 7.22. The summed E-state index contributed by atoms with van der Waals surface area (Å²) in [6.07, 6.45) is 2.29. The van der Waals surface area contributed by atoms with Crippen molar-refractivity contribution in [3.63, 3.8) is 0 Å². The van der Waals surface area contributed by atoms with Crippen molar-refractivity contribution >= 4 is 32.9 Å². The second-order valence-corrected chi connectivity index (χ2v) is 4.52. The predicted octanol–water partition coefficient (Wildman–Crippen LogP) is 3.18. The highest BCUT2D eigenvalue weighted by atomic mass is 79.9. The Kier molecular flexibility index (Phi) is 2.95. The molecule has 15 heavy (non-hydrogen) atoms. The minimum Gasteiger partial charge on any atom is -0.369 e. The summed E-state index contributed by atoms with van der Waals surface area (Å²) in [7, 11) is 0. The number of imidazole rings is 1. The van der Waals surface area contributed by atoms with Gasteiger partial charge in [-0.2, -0.15) is 0 Å². The minimum atomic E-state index is 0.608. The maximum Gasteiger partial charge on any atom is 0.201 e. The maximum atomic E-state index is 5.88. The molecule has 1 aromatic carbocycles. The number of benzene rings is 1. The first kappa shape index (κ1) is 10.5. The summed E-state index contributed by atoms with van der Waals surface area (Å²) in [5, 5.41) is 0. The number of hydrogen-bond acceptors (Lipinski definition) is 2. The summed E-state index contributed by atoms with van der Waals surface area (Å²) in [5.41, 5.74) is 7.95. The summed E-state index contributed by atoms with van der Waals surface area (Å²) >= 11 is 3.43. The van der Waals surface area contributed by atoms with Gasteiger partial charge in [0.1, 0.15) is 0 Å². The molecule has 0 unspecified atom stereocenters. The summed E-state index contributed by atoms with van der Waals surface area (Å²) in [6, 6.07) is 6.07. The first-order valence-electron chi connectivity index (χ1n) is 5.13. The molecule has 0 amide bonds. The molecule has 0 saturated heterocycles.